The third kappa shape index (κ3) is 4.02. The highest BCUT2D eigenvalue weighted by atomic mass is 35.5. The lowest BCUT2D eigenvalue weighted by molar-refractivity contribution is 0.133. The molecular formula is C15H22ClN3O2. The molecule has 0 radical (unpaired) electrons. The van der Waals surface area contributed by atoms with Crippen LogP contribution in [-0.4, -0.2) is 37.9 Å². The van der Waals surface area contributed by atoms with E-state index in [0.29, 0.717) is 17.3 Å². The van der Waals surface area contributed by atoms with Crippen molar-refractivity contribution in [2.75, 3.05) is 30.9 Å². The zero-order valence-electron chi connectivity index (χ0n) is 12.4. The van der Waals surface area contributed by atoms with Gasteiger partial charge in [-0.15, -0.1) is 0 Å². The van der Waals surface area contributed by atoms with Crippen LogP contribution in [-0.2, 0) is 0 Å². The standard InChI is InChI=1S/C15H22ClN3O2/c1-19(2)14-11(16)6-4-7-12(14)18-15(21)17-9-10-5-3-8-13(10)20/h4,6-7,10,13,20H,3,5,8-9H2,1-2H3,(H2,17,18,21)/t10-,13+/m1/s1. The summed E-state index contributed by atoms with van der Waals surface area (Å²) in [7, 11) is 3.75. The number of hydrogen-bond donors (Lipinski definition) is 3. The van der Waals surface area contributed by atoms with Crippen molar-refractivity contribution in [3.05, 3.63) is 23.2 Å². The number of halogens is 1. The van der Waals surface area contributed by atoms with E-state index in [1.807, 2.05) is 25.1 Å². The van der Waals surface area contributed by atoms with E-state index < -0.39 is 0 Å². The van der Waals surface area contributed by atoms with Crippen LogP contribution in [0, 0.1) is 5.92 Å². The number of hydrogen-bond acceptors (Lipinski definition) is 3. The third-order valence-corrected chi connectivity index (χ3v) is 4.13. The van der Waals surface area contributed by atoms with Crippen molar-refractivity contribution in [3.8, 4) is 0 Å². The summed E-state index contributed by atoms with van der Waals surface area (Å²) in [6.07, 6.45) is 2.51. The number of benzene rings is 1. The lowest BCUT2D eigenvalue weighted by Crippen LogP contribution is -2.35. The van der Waals surface area contributed by atoms with Gasteiger partial charge in [-0.3, -0.25) is 0 Å². The SMILES string of the molecule is CN(C)c1c(Cl)cccc1NC(=O)NC[C@H]1CCC[C@@H]1O. The quantitative estimate of drug-likeness (QED) is 0.801. The molecule has 1 aliphatic rings. The Bertz CT molecular complexity index is 508. The Hall–Kier alpha value is -1.46. The molecule has 0 bridgehead atoms. The van der Waals surface area contributed by atoms with E-state index in [1.165, 1.54) is 0 Å². The summed E-state index contributed by atoms with van der Waals surface area (Å²) in [4.78, 5) is 13.9. The number of nitrogens with zero attached hydrogens (tertiary/aromatic N) is 1. The largest absolute Gasteiger partial charge is 0.393 e. The molecule has 1 aliphatic carbocycles. The molecule has 3 N–H and O–H groups in total. The first-order valence-electron chi connectivity index (χ1n) is 7.17. The van der Waals surface area contributed by atoms with Crippen molar-refractivity contribution < 1.29 is 9.90 Å². The molecule has 1 fully saturated rings. The van der Waals surface area contributed by atoms with Crippen LogP contribution in [0.3, 0.4) is 0 Å². The number of nitrogens with one attached hydrogen (secondary N) is 2. The van der Waals surface area contributed by atoms with Crippen LogP contribution in [0.2, 0.25) is 5.02 Å². The van der Waals surface area contributed by atoms with Gasteiger partial charge in [0.2, 0.25) is 0 Å². The summed E-state index contributed by atoms with van der Waals surface area (Å²) < 4.78 is 0. The zero-order chi connectivity index (χ0) is 15.4. The minimum absolute atomic E-state index is 0.156. The average Bonchev–Trinajstić information content (AvgIpc) is 2.81. The molecule has 0 aliphatic heterocycles. The van der Waals surface area contributed by atoms with Crippen molar-refractivity contribution in [2.45, 2.75) is 25.4 Å². The topological polar surface area (TPSA) is 64.6 Å². The molecular weight excluding hydrogens is 290 g/mol. The summed E-state index contributed by atoms with van der Waals surface area (Å²) in [5.74, 6) is 0.156. The normalized spacial score (nSPS) is 21.1. The fourth-order valence-electron chi connectivity index (χ4n) is 2.72. The number of aliphatic hydroxyl groups is 1. The summed E-state index contributed by atoms with van der Waals surface area (Å²) >= 11 is 6.16. The molecule has 5 nitrogen and oxygen atoms in total. The average molecular weight is 312 g/mol. The van der Waals surface area contributed by atoms with Crippen LogP contribution in [0.1, 0.15) is 19.3 Å². The molecule has 2 amide bonds. The zero-order valence-corrected chi connectivity index (χ0v) is 13.2. The molecule has 1 saturated carbocycles. The Labute approximate surface area is 130 Å². The van der Waals surface area contributed by atoms with Gasteiger partial charge in [0.05, 0.1) is 22.5 Å². The van der Waals surface area contributed by atoms with E-state index in [9.17, 15) is 9.90 Å². The lowest BCUT2D eigenvalue weighted by Gasteiger charge is -2.20. The van der Waals surface area contributed by atoms with Gasteiger partial charge in [-0.05, 0) is 25.0 Å². The summed E-state index contributed by atoms with van der Waals surface area (Å²) in [5, 5.41) is 16.0. The lowest BCUT2D eigenvalue weighted by atomic mass is 10.1. The molecule has 1 aromatic rings. The first-order valence-corrected chi connectivity index (χ1v) is 7.55. The second-order valence-corrected chi connectivity index (χ2v) is 6.03. The van der Waals surface area contributed by atoms with Crippen LogP contribution in [0.25, 0.3) is 0 Å². The van der Waals surface area contributed by atoms with Crippen LogP contribution in [0.4, 0.5) is 16.2 Å². The molecule has 2 atom stereocenters. The molecule has 2 rings (SSSR count). The van der Waals surface area contributed by atoms with Gasteiger partial charge in [-0.2, -0.15) is 0 Å². The van der Waals surface area contributed by atoms with E-state index >= 15 is 0 Å². The van der Waals surface area contributed by atoms with E-state index in [-0.39, 0.29) is 18.1 Å². The number of carbonyl (C=O) groups is 1. The summed E-state index contributed by atoms with van der Waals surface area (Å²) in [6, 6.07) is 5.12. The van der Waals surface area contributed by atoms with Crippen molar-refractivity contribution >= 4 is 29.0 Å². The molecule has 0 aromatic heterocycles. The van der Waals surface area contributed by atoms with Crippen LogP contribution < -0.4 is 15.5 Å². The minimum atomic E-state index is -0.297. The number of carbonyl (C=O) groups excluding carboxylic acids is 1. The van der Waals surface area contributed by atoms with E-state index in [4.69, 9.17) is 11.6 Å². The number of aliphatic hydroxyl groups excluding tert-OH is 1. The predicted octanol–water partition coefficient (Wildman–Crippen LogP) is 2.69. The molecule has 21 heavy (non-hydrogen) atoms. The first-order chi connectivity index (χ1) is 9.99. The smallest absolute Gasteiger partial charge is 0.319 e. The Morgan fingerprint density at radius 3 is 2.81 bits per heavy atom. The van der Waals surface area contributed by atoms with Crippen LogP contribution in [0.15, 0.2) is 18.2 Å². The van der Waals surface area contributed by atoms with Crippen molar-refractivity contribution in [2.24, 2.45) is 5.92 Å². The minimum Gasteiger partial charge on any atom is -0.393 e. The maximum Gasteiger partial charge on any atom is 0.319 e. The number of para-hydroxylation sites is 1. The van der Waals surface area contributed by atoms with Gasteiger partial charge in [-0.25, -0.2) is 4.79 Å². The van der Waals surface area contributed by atoms with E-state index in [0.717, 1.165) is 24.9 Å². The monoisotopic (exact) mass is 311 g/mol. The second kappa shape index (κ2) is 7.00. The van der Waals surface area contributed by atoms with Gasteiger partial charge in [0.25, 0.3) is 0 Å². The Kier molecular flexibility index (Phi) is 5.31. The number of amides is 2. The molecule has 0 spiro atoms. The van der Waals surface area contributed by atoms with Crippen LogP contribution >= 0.6 is 11.6 Å². The van der Waals surface area contributed by atoms with Gasteiger partial charge in [0.1, 0.15) is 0 Å². The molecule has 0 unspecified atom stereocenters. The Morgan fingerprint density at radius 1 is 1.43 bits per heavy atom. The van der Waals surface area contributed by atoms with Gasteiger partial charge < -0.3 is 20.6 Å². The van der Waals surface area contributed by atoms with Crippen molar-refractivity contribution in [1.82, 2.24) is 5.32 Å². The maximum atomic E-state index is 12.0. The Balaban J connectivity index is 1.95. The number of anilines is 2. The number of urea groups is 1. The third-order valence-electron chi connectivity index (χ3n) is 3.83. The van der Waals surface area contributed by atoms with Crippen molar-refractivity contribution in [3.63, 3.8) is 0 Å². The van der Waals surface area contributed by atoms with Crippen LogP contribution in [0.5, 0.6) is 0 Å². The fraction of sp³-hybridized carbons (Fsp3) is 0.533. The number of rotatable bonds is 4. The van der Waals surface area contributed by atoms with E-state index in [1.54, 1.807) is 12.1 Å². The highest BCUT2D eigenvalue weighted by Gasteiger charge is 2.25. The molecule has 0 saturated heterocycles. The predicted molar refractivity (Wildman–Crippen MR) is 86.1 cm³/mol. The van der Waals surface area contributed by atoms with E-state index in [2.05, 4.69) is 10.6 Å². The highest BCUT2D eigenvalue weighted by molar-refractivity contribution is 6.34. The Morgan fingerprint density at radius 2 is 2.19 bits per heavy atom. The highest BCUT2D eigenvalue weighted by Crippen LogP contribution is 2.32. The summed E-state index contributed by atoms with van der Waals surface area (Å²) in [6.45, 7) is 0.491. The second-order valence-electron chi connectivity index (χ2n) is 5.62. The molecule has 0 heterocycles. The van der Waals surface area contributed by atoms with Gasteiger partial charge in [-0.1, -0.05) is 24.1 Å². The molecule has 116 valence electrons. The fourth-order valence-corrected chi connectivity index (χ4v) is 3.06. The maximum absolute atomic E-state index is 12.0. The molecule has 6 heteroatoms. The molecule has 1 aromatic carbocycles. The van der Waals surface area contributed by atoms with Gasteiger partial charge in [0.15, 0.2) is 0 Å². The van der Waals surface area contributed by atoms with Crippen molar-refractivity contribution in [1.29, 1.82) is 0 Å². The van der Waals surface area contributed by atoms with Gasteiger partial charge >= 0.3 is 6.03 Å². The summed E-state index contributed by atoms with van der Waals surface area (Å²) in [5.41, 5.74) is 1.44. The van der Waals surface area contributed by atoms with Gasteiger partial charge in [0, 0.05) is 26.6 Å². The first kappa shape index (κ1) is 15.9.